The molecule has 2 aliphatic heterocycles. The van der Waals surface area contributed by atoms with Gasteiger partial charge in [-0.15, -0.1) is 0 Å². The lowest BCUT2D eigenvalue weighted by Crippen LogP contribution is -2.59. The Balaban J connectivity index is 1.72. The second kappa shape index (κ2) is 3.34. The summed E-state index contributed by atoms with van der Waals surface area (Å²) in [5, 5.41) is 4.54. The molecule has 15 heavy (non-hydrogen) atoms. The van der Waals surface area contributed by atoms with Crippen LogP contribution in [-0.4, -0.2) is 33.3 Å². The van der Waals surface area contributed by atoms with Gasteiger partial charge in [0.1, 0.15) is 0 Å². The van der Waals surface area contributed by atoms with E-state index in [1.165, 1.54) is 31.5 Å². The van der Waals surface area contributed by atoms with Crippen molar-refractivity contribution in [3.05, 3.63) is 18.0 Å². The first kappa shape index (κ1) is 9.40. The molecule has 3 heteroatoms. The second-order valence-corrected chi connectivity index (χ2v) is 4.96. The molecule has 3 nitrogen and oxygen atoms in total. The molecule has 0 aromatic carbocycles. The Hall–Kier alpha value is -0.830. The van der Waals surface area contributed by atoms with Gasteiger partial charge in [-0.1, -0.05) is 6.92 Å². The summed E-state index contributed by atoms with van der Waals surface area (Å²) in [7, 11) is 2.01. The van der Waals surface area contributed by atoms with Gasteiger partial charge in [0, 0.05) is 31.2 Å². The molecule has 2 saturated heterocycles. The lowest BCUT2D eigenvalue weighted by Gasteiger charge is -2.55. The summed E-state index contributed by atoms with van der Waals surface area (Å²) in [5.74, 6) is 0.720. The molecule has 1 aromatic heterocycles. The van der Waals surface area contributed by atoms with E-state index in [9.17, 15) is 0 Å². The van der Waals surface area contributed by atoms with E-state index in [0.29, 0.717) is 0 Å². The molecule has 1 aliphatic carbocycles. The highest BCUT2D eigenvalue weighted by atomic mass is 15.3. The molecule has 0 spiro atoms. The summed E-state index contributed by atoms with van der Waals surface area (Å²) in [6.07, 6.45) is 6.13. The molecule has 3 aliphatic rings. The van der Waals surface area contributed by atoms with Gasteiger partial charge in [0.2, 0.25) is 0 Å². The molecule has 1 saturated carbocycles. The Morgan fingerprint density at radius 1 is 1.33 bits per heavy atom. The maximum atomic E-state index is 4.54. The number of hydrogen-bond acceptors (Lipinski definition) is 2. The van der Waals surface area contributed by atoms with E-state index in [-0.39, 0.29) is 0 Å². The Morgan fingerprint density at radius 2 is 2.07 bits per heavy atom. The van der Waals surface area contributed by atoms with Gasteiger partial charge >= 0.3 is 0 Å². The van der Waals surface area contributed by atoms with Crippen LogP contribution in [0.15, 0.2) is 12.3 Å². The van der Waals surface area contributed by atoms with E-state index in [2.05, 4.69) is 29.2 Å². The van der Waals surface area contributed by atoms with Crippen LogP contribution in [0.1, 0.15) is 37.8 Å². The summed E-state index contributed by atoms with van der Waals surface area (Å²) in [6, 6.07) is 3.88. The second-order valence-electron chi connectivity index (χ2n) is 4.96. The zero-order valence-corrected chi connectivity index (χ0v) is 9.56. The molecule has 0 N–H and O–H groups in total. The van der Waals surface area contributed by atoms with Gasteiger partial charge in [0.05, 0.1) is 5.69 Å². The molecule has 3 heterocycles. The lowest BCUT2D eigenvalue weighted by molar-refractivity contribution is -0.0326. The van der Waals surface area contributed by atoms with Crippen LogP contribution < -0.4 is 0 Å². The number of rotatable bonds is 2. The summed E-state index contributed by atoms with van der Waals surface area (Å²) < 4.78 is 1.92. The lowest BCUT2D eigenvalue weighted by atomic mass is 9.72. The van der Waals surface area contributed by atoms with E-state index < -0.39 is 0 Å². The van der Waals surface area contributed by atoms with Gasteiger partial charge in [0.15, 0.2) is 0 Å². The Labute approximate surface area is 91.1 Å². The van der Waals surface area contributed by atoms with Crippen molar-refractivity contribution < 1.29 is 0 Å². The number of nitrogens with zero attached hydrogens (tertiary/aromatic N) is 3. The van der Waals surface area contributed by atoms with Crippen molar-refractivity contribution in [1.82, 2.24) is 14.7 Å². The molecule has 2 bridgehead atoms. The van der Waals surface area contributed by atoms with Gasteiger partial charge in [-0.05, 0) is 31.9 Å². The molecule has 0 radical (unpaired) electrons. The molecular weight excluding hydrogens is 186 g/mol. The third-order valence-corrected chi connectivity index (χ3v) is 4.11. The minimum absolute atomic E-state index is 0.720. The largest absolute Gasteiger partial charge is 0.298 e. The predicted molar refractivity (Wildman–Crippen MR) is 59.8 cm³/mol. The van der Waals surface area contributed by atoms with Gasteiger partial charge < -0.3 is 0 Å². The molecule has 3 fully saturated rings. The monoisotopic (exact) mass is 205 g/mol. The molecule has 82 valence electrons. The maximum Gasteiger partial charge on any atom is 0.0656 e. The molecular formula is C12H19N3. The minimum atomic E-state index is 0.720. The average Bonchev–Trinajstić information content (AvgIpc) is 2.66. The van der Waals surface area contributed by atoms with Crippen LogP contribution in [0.2, 0.25) is 0 Å². The number of aryl methyl sites for hydroxylation is 1. The minimum Gasteiger partial charge on any atom is -0.298 e. The van der Waals surface area contributed by atoms with E-state index in [1.54, 1.807) is 0 Å². The maximum absolute atomic E-state index is 4.54. The fourth-order valence-corrected chi connectivity index (χ4v) is 3.37. The average molecular weight is 205 g/mol. The first-order valence-electron chi connectivity index (χ1n) is 6.03. The number of hydrogen-bond donors (Lipinski definition) is 0. The Kier molecular flexibility index (Phi) is 2.09. The van der Waals surface area contributed by atoms with E-state index in [1.807, 2.05) is 11.7 Å². The normalized spacial score (nSPS) is 35.2. The fourth-order valence-electron chi connectivity index (χ4n) is 3.37. The van der Waals surface area contributed by atoms with Crippen LogP contribution in [0.25, 0.3) is 0 Å². The van der Waals surface area contributed by atoms with E-state index >= 15 is 0 Å². The molecule has 0 amide bonds. The predicted octanol–water partition coefficient (Wildman–Crippen LogP) is 1.76. The van der Waals surface area contributed by atoms with Crippen LogP contribution in [0.3, 0.4) is 0 Å². The fraction of sp³-hybridized carbons (Fsp3) is 0.750. The van der Waals surface area contributed by atoms with Crippen LogP contribution in [0.4, 0.5) is 0 Å². The third kappa shape index (κ3) is 1.41. The van der Waals surface area contributed by atoms with Crippen molar-refractivity contribution in [1.29, 1.82) is 0 Å². The van der Waals surface area contributed by atoms with Crippen molar-refractivity contribution in [2.24, 2.45) is 7.05 Å². The molecule has 1 aromatic rings. The molecule has 2 unspecified atom stereocenters. The zero-order chi connectivity index (χ0) is 10.4. The van der Waals surface area contributed by atoms with Crippen LogP contribution in [0, 0.1) is 0 Å². The highest BCUT2D eigenvalue weighted by Gasteiger charge is 2.44. The smallest absolute Gasteiger partial charge is 0.0656 e. The van der Waals surface area contributed by atoms with Gasteiger partial charge in [0.25, 0.3) is 0 Å². The summed E-state index contributed by atoms with van der Waals surface area (Å²) in [4.78, 5) is 2.65. The van der Waals surface area contributed by atoms with Gasteiger partial charge in [-0.2, -0.15) is 5.10 Å². The zero-order valence-electron chi connectivity index (χ0n) is 9.56. The van der Waals surface area contributed by atoms with Gasteiger partial charge in [-0.3, -0.25) is 9.58 Å². The molecule has 2 atom stereocenters. The SMILES string of the molecule is CCN1C2CC(c3ccn(C)n3)CC1C2. The quantitative estimate of drug-likeness (QED) is 0.733. The Morgan fingerprint density at radius 3 is 2.60 bits per heavy atom. The first-order valence-corrected chi connectivity index (χ1v) is 6.03. The standard InChI is InChI=1S/C12H19N3/c1-3-15-10-6-9(7-11(15)8-10)12-4-5-14(2)13-12/h4-5,9-11H,3,6-8H2,1-2H3. The first-order chi connectivity index (χ1) is 7.28. The third-order valence-electron chi connectivity index (χ3n) is 4.11. The van der Waals surface area contributed by atoms with Crippen LogP contribution in [0.5, 0.6) is 0 Å². The number of fused-ring (bicyclic) bond motifs is 2. The summed E-state index contributed by atoms with van der Waals surface area (Å²) in [6.45, 7) is 3.50. The van der Waals surface area contributed by atoms with E-state index in [0.717, 1.165) is 18.0 Å². The van der Waals surface area contributed by atoms with Crippen molar-refractivity contribution >= 4 is 0 Å². The number of aromatic nitrogens is 2. The summed E-state index contributed by atoms with van der Waals surface area (Å²) in [5.41, 5.74) is 1.31. The van der Waals surface area contributed by atoms with E-state index in [4.69, 9.17) is 0 Å². The Bertz CT molecular complexity index is 346. The van der Waals surface area contributed by atoms with Crippen molar-refractivity contribution in [2.75, 3.05) is 6.54 Å². The van der Waals surface area contributed by atoms with Gasteiger partial charge in [-0.25, -0.2) is 0 Å². The van der Waals surface area contributed by atoms with Crippen LogP contribution >= 0.6 is 0 Å². The highest BCUT2D eigenvalue weighted by molar-refractivity contribution is 5.14. The van der Waals surface area contributed by atoms with Crippen molar-refractivity contribution in [3.8, 4) is 0 Å². The topological polar surface area (TPSA) is 21.1 Å². The van der Waals surface area contributed by atoms with Crippen molar-refractivity contribution in [3.63, 3.8) is 0 Å². The van der Waals surface area contributed by atoms with Crippen molar-refractivity contribution in [2.45, 2.75) is 44.2 Å². The highest BCUT2D eigenvalue weighted by Crippen LogP contribution is 2.44. The summed E-state index contributed by atoms with van der Waals surface area (Å²) >= 11 is 0. The molecule has 4 rings (SSSR count). The number of piperidine rings is 1. The van der Waals surface area contributed by atoms with Crippen LogP contribution in [-0.2, 0) is 7.05 Å².